The molecule has 0 unspecified atom stereocenters. The molecule has 0 heterocycles. The number of rotatable bonds is 2. The van der Waals surface area contributed by atoms with Crippen molar-refractivity contribution >= 4 is 50.1 Å². The van der Waals surface area contributed by atoms with Crippen LogP contribution in [0.3, 0.4) is 0 Å². The topological polar surface area (TPSA) is 29.1 Å². The van der Waals surface area contributed by atoms with Gasteiger partial charge in [0.25, 0.3) is 5.91 Å². The van der Waals surface area contributed by atoms with Crippen LogP contribution in [0.2, 0.25) is 0 Å². The summed E-state index contributed by atoms with van der Waals surface area (Å²) in [6.07, 6.45) is 0. The van der Waals surface area contributed by atoms with E-state index < -0.39 is 0 Å². The summed E-state index contributed by atoms with van der Waals surface area (Å²) in [5, 5.41) is 2.92. The number of carbonyl (C=O) groups is 1. The molecule has 0 saturated heterocycles. The molecule has 2 aromatic rings. The highest BCUT2D eigenvalue weighted by Gasteiger charge is 2.09. The van der Waals surface area contributed by atoms with Gasteiger partial charge in [-0.2, -0.15) is 0 Å². The molecule has 2 rings (SSSR count). The van der Waals surface area contributed by atoms with Gasteiger partial charge in [-0.15, -0.1) is 0 Å². The SMILES string of the molecule is Cc1ccc(C(=O)Nc2cc(I)ccc2Br)cc1C. The van der Waals surface area contributed by atoms with Crippen LogP contribution in [0.5, 0.6) is 0 Å². The fraction of sp³-hybridized carbons (Fsp3) is 0.133. The van der Waals surface area contributed by atoms with E-state index in [0.717, 1.165) is 19.3 Å². The Labute approximate surface area is 134 Å². The number of benzene rings is 2. The Bertz CT molecular complexity index is 640. The minimum atomic E-state index is -0.0919. The Morgan fingerprint density at radius 2 is 1.84 bits per heavy atom. The van der Waals surface area contributed by atoms with Gasteiger partial charge < -0.3 is 5.32 Å². The third kappa shape index (κ3) is 3.57. The Kier molecular flexibility index (Phi) is 4.62. The maximum atomic E-state index is 12.2. The second-order valence-corrected chi connectivity index (χ2v) is 6.48. The smallest absolute Gasteiger partial charge is 0.255 e. The van der Waals surface area contributed by atoms with Crippen molar-refractivity contribution in [3.63, 3.8) is 0 Å². The van der Waals surface area contributed by atoms with Gasteiger partial charge in [0.2, 0.25) is 0 Å². The van der Waals surface area contributed by atoms with Crippen LogP contribution in [0.4, 0.5) is 5.69 Å². The van der Waals surface area contributed by atoms with Crippen molar-refractivity contribution in [3.05, 3.63) is 61.1 Å². The summed E-state index contributed by atoms with van der Waals surface area (Å²) in [4.78, 5) is 12.2. The molecular formula is C15H13BrINO. The van der Waals surface area contributed by atoms with Gasteiger partial charge in [0.15, 0.2) is 0 Å². The number of anilines is 1. The van der Waals surface area contributed by atoms with Crippen LogP contribution in [-0.4, -0.2) is 5.91 Å². The van der Waals surface area contributed by atoms with E-state index in [1.165, 1.54) is 5.56 Å². The molecule has 0 atom stereocenters. The number of hydrogen-bond donors (Lipinski definition) is 1. The first kappa shape index (κ1) is 14.5. The van der Waals surface area contributed by atoms with Crippen LogP contribution < -0.4 is 5.32 Å². The molecule has 0 aliphatic carbocycles. The summed E-state index contributed by atoms with van der Waals surface area (Å²) < 4.78 is 1.96. The number of carbonyl (C=O) groups excluding carboxylic acids is 1. The number of nitrogens with one attached hydrogen (secondary N) is 1. The Balaban J connectivity index is 2.25. The minimum Gasteiger partial charge on any atom is -0.321 e. The van der Waals surface area contributed by atoms with Gasteiger partial charge in [0, 0.05) is 13.6 Å². The van der Waals surface area contributed by atoms with Crippen LogP contribution in [0.1, 0.15) is 21.5 Å². The summed E-state index contributed by atoms with van der Waals surface area (Å²) in [7, 11) is 0. The third-order valence-corrected chi connectivity index (χ3v) is 4.31. The second kappa shape index (κ2) is 6.05. The highest BCUT2D eigenvalue weighted by Crippen LogP contribution is 2.25. The lowest BCUT2D eigenvalue weighted by Gasteiger charge is -2.09. The lowest BCUT2D eigenvalue weighted by Crippen LogP contribution is -2.12. The predicted molar refractivity (Wildman–Crippen MR) is 90.7 cm³/mol. The molecule has 4 heteroatoms. The van der Waals surface area contributed by atoms with E-state index in [9.17, 15) is 4.79 Å². The second-order valence-electron chi connectivity index (χ2n) is 4.38. The van der Waals surface area contributed by atoms with Crippen molar-refractivity contribution in [2.45, 2.75) is 13.8 Å². The van der Waals surface area contributed by atoms with E-state index in [1.807, 2.05) is 50.2 Å². The monoisotopic (exact) mass is 429 g/mol. The Morgan fingerprint density at radius 1 is 1.11 bits per heavy atom. The number of halogens is 2. The lowest BCUT2D eigenvalue weighted by atomic mass is 10.1. The molecule has 2 aromatic carbocycles. The molecule has 0 saturated carbocycles. The fourth-order valence-electron chi connectivity index (χ4n) is 1.67. The number of amides is 1. The normalized spacial score (nSPS) is 10.3. The zero-order valence-electron chi connectivity index (χ0n) is 10.6. The molecule has 0 bridgehead atoms. The molecule has 0 radical (unpaired) electrons. The van der Waals surface area contributed by atoms with Crippen LogP contribution in [0.15, 0.2) is 40.9 Å². The standard InChI is InChI=1S/C15H13BrINO/c1-9-3-4-11(7-10(9)2)15(19)18-14-8-12(17)5-6-13(14)16/h3-8H,1-2H3,(H,18,19). The predicted octanol–water partition coefficient (Wildman–Crippen LogP) is 4.92. The number of hydrogen-bond acceptors (Lipinski definition) is 1. The van der Waals surface area contributed by atoms with Crippen molar-refractivity contribution in [2.75, 3.05) is 5.32 Å². The van der Waals surface area contributed by atoms with Crippen molar-refractivity contribution < 1.29 is 4.79 Å². The maximum absolute atomic E-state index is 12.2. The summed E-state index contributed by atoms with van der Waals surface area (Å²) in [5.74, 6) is -0.0919. The summed E-state index contributed by atoms with van der Waals surface area (Å²) in [5.41, 5.74) is 3.77. The minimum absolute atomic E-state index is 0.0919. The summed E-state index contributed by atoms with van der Waals surface area (Å²) in [6, 6.07) is 11.6. The van der Waals surface area contributed by atoms with Crippen LogP contribution in [0.25, 0.3) is 0 Å². The van der Waals surface area contributed by atoms with Crippen molar-refractivity contribution in [1.82, 2.24) is 0 Å². The van der Waals surface area contributed by atoms with Crippen molar-refractivity contribution in [3.8, 4) is 0 Å². The number of aryl methyl sites for hydroxylation is 2. The fourth-order valence-corrected chi connectivity index (χ4v) is 2.51. The summed E-state index contributed by atoms with van der Waals surface area (Å²) >= 11 is 5.66. The van der Waals surface area contributed by atoms with Gasteiger partial charge in [-0.1, -0.05) is 6.07 Å². The average Bonchev–Trinajstić information content (AvgIpc) is 2.37. The molecule has 1 N–H and O–H groups in total. The molecule has 0 fully saturated rings. The quantitative estimate of drug-likeness (QED) is 0.674. The zero-order chi connectivity index (χ0) is 14.0. The first-order valence-electron chi connectivity index (χ1n) is 5.81. The molecular weight excluding hydrogens is 417 g/mol. The van der Waals surface area contributed by atoms with Crippen LogP contribution in [-0.2, 0) is 0 Å². The average molecular weight is 430 g/mol. The first-order valence-corrected chi connectivity index (χ1v) is 7.68. The zero-order valence-corrected chi connectivity index (χ0v) is 14.4. The molecule has 0 aliphatic heterocycles. The maximum Gasteiger partial charge on any atom is 0.255 e. The van der Waals surface area contributed by atoms with Gasteiger partial charge in [0.1, 0.15) is 0 Å². The van der Waals surface area contributed by atoms with E-state index in [1.54, 1.807) is 0 Å². The molecule has 0 spiro atoms. The first-order chi connectivity index (χ1) is 8.97. The van der Waals surface area contributed by atoms with Gasteiger partial charge in [-0.3, -0.25) is 4.79 Å². The highest BCUT2D eigenvalue weighted by molar-refractivity contribution is 14.1. The highest BCUT2D eigenvalue weighted by atomic mass is 127. The molecule has 1 amide bonds. The molecule has 0 aromatic heterocycles. The molecule has 0 aliphatic rings. The van der Waals surface area contributed by atoms with Crippen LogP contribution >= 0.6 is 38.5 Å². The van der Waals surface area contributed by atoms with E-state index in [-0.39, 0.29) is 5.91 Å². The van der Waals surface area contributed by atoms with Crippen LogP contribution in [0, 0.1) is 17.4 Å². The van der Waals surface area contributed by atoms with E-state index in [2.05, 4.69) is 43.8 Å². The van der Waals surface area contributed by atoms with Crippen molar-refractivity contribution in [1.29, 1.82) is 0 Å². The van der Waals surface area contributed by atoms with Crippen molar-refractivity contribution in [2.24, 2.45) is 0 Å². The Hall–Kier alpha value is -0.880. The summed E-state index contributed by atoms with van der Waals surface area (Å²) in [6.45, 7) is 4.04. The van der Waals surface area contributed by atoms with Gasteiger partial charge in [0.05, 0.1) is 5.69 Å². The Morgan fingerprint density at radius 3 is 2.53 bits per heavy atom. The lowest BCUT2D eigenvalue weighted by molar-refractivity contribution is 0.102. The van der Waals surface area contributed by atoms with E-state index >= 15 is 0 Å². The van der Waals surface area contributed by atoms with E-state index in [0.29, 0.717) is 5.56 Å². The van der Waals surface area contributed by atoms with Gasteiger partial charge in [-0.25, -0.2) is 0 Å². The largest absolute Gasteiger partial charge is 0.321 e. The van der Waals surface area contributed by atoms with Gasteiger partial charge in [-0.05, 0) is 93.8 Å². The molecule has 19 heavy (non-hydrogen) atoms. The third-order valence-electron chi connectivity index (χ3n) is 2.95. The van der Waals surface area contributed by atoms with E-state index in [4.69, 9.17) is 0 Å². The molecule has 98 valence electrons. The molecule has 2 nitrogen and oxygen atoms in total. The van der Waals surface area contributed by atoms with Gasteiger partial charge >= 0.3 is 0 Å².